The SMILES string of the molecule is Cc1cc(-c2ccn(C)n2)ccc1N. The Morgan fingerprint density at radius 1 is 1.29 bits per heavy atom. The van der Waals surface area contributed by atoms with Gasteiger partial charge in [-0.05, 0) is 30.7 Å². The second-order valence-corrected chi connectivity index (χ2v) is 3.45. The van der Waals surface area contributed by atoms with Crippen LogP contribution in [0.3, 0.4) is 0 Å². The molecule has 14 heavy (non-hydrogen) atoms. The van der Waals surface area contributed by atoms with Crippen LogP contribution in [0.25, 0.3) is 11.3 Å². The molecule has 3 nitrogen and oxygen atoms in total. The van der Waals surface area contributed by atoms with Crippen molar-refractivity contribution in [1.82, 2.24) is 9.78 Å². The fourth-order valence-electron chi connectivity index (χ4n) is 1.40. The van der Waals surface area contributed by atoms with Crippen molar-refractivity contribution in [3.8, 4) is 11.3 Å². The molecule has 0 atom stereocenters. The van der Waals surface area contributed by atoms with E-state index in [4.69, 9.17) is 5.73 Å². The summed E-state index contributed by atoms with van der Waals surface area (Å²) >= 11 is 0. The third kappa shape index (κ3) is 1.48. The van der Waals surface area contributed by atoms with Crippen molar-refractivity contribution in [3.63, 3.8) is 0 Å². The van der Waals surface area contributed by atoms with E-state index in [0.717, 1.165) is 22.5 Å². The van der Waals surface area contributed by atoms with Crippen LogP contribution in [-0.2, 0) is 7.05 Å². The molecule has 0 saturated carbocycles. The van der Waals surface area contributed by atoms with Gasteiger partial charge in [-0.25, -0.2) is 0 Å². The van der Waals surface area contributed by atoms with E-state index in [0.29, 0.717) is 0 Å². The molecule has 0 bridgehead atoms. The predicted octanol–water partition coefficient (Wildman–Crippen LogP) is 1.98. The van der Waals surface area contributed by atoms with Gasteiger partial charge in [-0.1, -0.05) is 6.07 Å². The molecule has 0 aliphatic carbocycles. The van der Waals surface area contributed by atoms with Gasteiger partial charge in [-0.3, -0.25) is 4.68 Å². The second kappa shape index (κ2) is 3.18. The van der Waals surface area contributed by atoms with Gasteiger partial charge in [0, 0.05) is 24.5 Å². The summed E-state index contributed by atoms with van der Waals surface area (Å²) < 4.78 is 1.79. The Kier molecular flexibility index (Phi) is 2.00. The van der Waals surface area contributed by atoms with Crippen molar-refractivity contribution in [2.24, 2.45) is 7.05 Å². The molecule has 3 heteroatoms. The number of hydrogen-bond acceptors (Lipinski definition) is 2. The first-order valence-corrected chi connectivity index (χ1v) is 4.53. The zero-order chi connectivity index (χ0) is 10.1. The topological polar surface area (TPSA) is 43.8 Å². The van der Waals surface area contributed by atoms with E-state index in [1.807, 2.05) is 38.4 Å². The van der Waals surface area contributed by atoms with Gasteiger partial charge >= 0.3 is 0 Å². The van der Waals surface area contributed by atoms with Crippen molar-refractivity contribution in [2.75, 3.05) is 5.73 Å². The molecule has 1 aromatic heterocycles. The van der Waals surface area contributed by atoms with E-state index in [1.54, 1.807) is 4.68 Å². The minimum atomic E-state index is 0.824. The van der Waals surface area contributed by atoms with Gasteiger partial charge in [-0.15, -0.1) is 0 Å². The maximum Gasteiger partial charge on any atom is 0.0923 e. The minimum Gasteiger partial charge on any atom is -0.399 e. The molecule has 0 radical (unpaired) electrons. The zero-order valence-corrected chi connectivity index (χ0v) is 8.36. The molecular weight excluding hydrogens is 174 g/mol. The van der Waals surface area contributed by atoms with Crippen LogP contribution < -0.4 is 5.73 Å². The van der Waals surface area contributed by atoms with E-state index < -0.39 is 0 Å². The lowest BCUT2D eigenvalue weighted by Crippen LogP contribution is -1.91. The summed E-state index contributed by atoms with van der Waals surface area (Å²) in [4.78, 5) is 0. The highest BCUT2D eigenvalue weighted by Crippen LogP contribution is 2.21. The summed E-state index contributed by atoms with van der Waals surface area (Å²) in [6.07, 6.45) is 1.93. The third-order valence-corrected chi connectivity index (χ3v) is 2.28. The smallest absolute Gasteiger partial charge is 0.0923 e. The van der Waals surface area contributed by atoms with E-state index >= 15 is 0 Å². The Labute approximate surface area is 83.2 Å². The van der Waals surface area contributed by atoms with Crippen LogP contribution in [0.4, 0.5) is 5.69 Å². The fourth-order valence-corrected chi connectivity index (χ4v) is 1.40. The monoisotopic (exact) mass is 187 g/mol. The maximum absolute atomic E-state index is 5.75. The number of benzene rings is 1. The molecule has 0 aliphatic rings. The van der Waals surface area contributed by atoms with Crippen molar-refractivity contribution in [2.45, 2.75) is 6.92 Å². The average molecular weight is 187 g/mol. The van der Waals surface area contributed by atoms with Crippen molar-refractivity contribution in [3.05, 3.63) is 36.0 Å². The van der Waals surface area contributed by atoms with Crippen LogP contribution in [0, 0.1) is 6.92 Å². The summed E-state index contributed by atoms with van der Waals surface area (Å²) in [5.74, 6) is 0. The van der Waals surface area contributed by atoms with Crippen molar-refractivity contribution < 1.29 is 0 Å². The Balaban J connectivity index is 2.47. The first-order valence-electron chi connectivity index (χ1n) is 4.53. The van der Waals surface area contributed by atoms with Crippen LogP contribution in [0.5, 0.6) is 0 Å². The first kappa shape index (κ1) is 8.81. The Hall–Kier alpha value is -1.77. The lowest BCUT2D eigenvalue weighted by atomic mass is 10.1. The highest BCUT2D eigenvalue weighted by molar-refractivity contribution is 5.64. The number of rotatable bonds is 1. The summed E-state index contributed by atoms with van der Waals surface area (Å²) in [7, 11) is 1.91. The molecule has 72 valence electrons. The van der Waals surface area contributed by atoms with Gasteiger partial charge in [0.25, 0.3) is 0 Å². The van der Waals surface area contributed by atoms with Gasteiger partial charge < -0.3 is 5.73 Å². The number of nitrogens with zero attached hydrogens (tertiary/aromatic N) is 2. The largest absolute Gasteiger partial charge is 0.399 e. The minimum absolute atomic E-state index is 0.824. The Morgan fingerprint density at radius 2 is 2.07 bits per heavy atom. The summed E-state index contributed by atoms with van der Waals surface area (Å²) in [6, 6.07) is 7.95. The molecule has 0 aliphatic heterocycles. The van der Waals surface area contributed by atoms with Crippen molar-refractivity contribution >= 4 is 5.69 Å². The quantitative estimate of drug-likeness (QED) is 0.694. The van der Waals surface area contributed by atoms with Crippen LogP contribution >= 0.6 is 0 Å². The van der Waals surface area contributed by atoms with Crippen molar-refractivity contribution in [1.29, 1.82) is 0 Å². The van der Waals surface area contributed by atoms with Crippen LogP contribution in [-0.4, -0.2) is 9.78 Å². The molecule has 0 unspecified atom stereocenters. The molecule has 2 N–H and O–H groups in total. The third-order valence-electron chi connectivity index (χ3n) is 2.28. The molecule has 0 amide bonds. The molecule has 2 aromatic rings. The lowest BCUT2D eigenvalue weighted by Gasteiger charge is -2.01. The van der Waals surface area contributed by atoms with Crippen LogP contribution in [0.1, 0.15) is 5.56 Å². The molecule has 2 rings (SSSR count). The van der Waals surface area contributed by atoms with E-state index in [1.165, 1.54) is 0 Å². The fraction of sp³-hybridized carbons (Fsp3) is 0.182. The normalized spacial score (nSPS) is 10.4. The number of nitrogens with two attached hydrogens (primary N) is 1. The Morgan fingerprint density at radius 3 is 2.64 bits per heavy atom. The molecule has 1 heterocycles. The summed E-state index contributed by atoms with van der Waals surface area (Å²) in [6.45, 7) is 2.00. The maximum atomic E-state index is 5.75. The van der Waals surface area contributed by atoms with Gasteiger partial charge in [0.15, 0.2) is 0 Å². The summed E-state index contributed by atoms with van der Waals surface area (Å²) in [5, 5.41) is 4.33. The standard InChI is InChI=1S/C11H13N3/c1-8-7-9(3-4-10(8)12)11-5-6-14(2)13-11/h3-7H,12H2,1-2H3. The van der Waals surface area contributed by atoms with Gasteiger partial charge in [0.2, 0.25) is 0 Å². The molecule has 0 spiro atoms. The second-order valence-electron chi connectivity index (χ2n) is 3.45. The van der Waals surface area contributed by atoms with Gasteiger partial charge in [-0.2, -0.15) is 5.10 Å². The number of aromatic nitrogens is 2. The number of hydrogen-bond donors (Lipinski definition) is 1. The molecular formula is C11H13N3. The van der Waals surface area contributed by atoms with E-state index in [9.17, 15) is 0 Å². The Bertz CT molecular complexity index is 457. The zero-order valence-electron chi connectivity index (χ0n) is 8.36. The first-order chi connectivity index (χ1) is 6.66. The van der Waals surface area contributed by atoms with E-state index in [2.05, 4.69) is 11.2 Å². The highest BCUT2D eigenvalue weighted by Gasteiger charge is 2.02. The lowest BCUT2D eigenvalue weighted by molar-refractivity contribution is 0.771. The molecule has 0 fully saturated rings. The van der Waals surface area contributed by atoms with Gasteiger partial charge in [0.1, 0.15) is 0 Å². The van der Waals surface area contributed by atoms with Gasteiger partial charge in [0.05, 0.1) is 5.69 Å². The summed E-state index contributed by atoms with van der Waals surface area (Å²) in [5.41, 5.74) is 9.75. The number of nitrogen functional groups attached to an aromatic ring is 1. The highest BCUT2D eigenvalue weighted by atomic mass is 15.2. The number of anilines is 1. The number of aryl methyl sites for hydroxylation is 2. The van der Waals surface area contributed by atoms with Crippen LogP contribution in [0.2, 0.25) is 0 Å². The van der Waals surface area contributed by atoms with Crippen LogP contribution in [0.15, 0.2) is 30.5 Å². The van der Waals surface area contributed by atoms with E-state index in [-0.39, 0.29) is 0 Å². The predicted molar refractivity (Wildman–Crippen MR) is 57.8 cm³/mol. The molecule has 0 saturated heterocycles. The average Bonchev–Trinajstić information content (AvgIpc) is 2.57. The molecule has 1 aromatic carbocycles.